The summed E-state index contributed by atoms with van der Waals surface area (Å²) in [5, 5.41) is 0. The highest BCUT2D eigenvalue weighted by Gasteiger charge is 2.00. The van der Waals surface area contributed by atoms with E-state index >= 15 is 0 Å². The highest BCUT2D eigenvalue weighted by molar-refractivity contribution is 5.91. The first-order valence-corrected chi connectivity index (χ1v) is 3.00. The van der Waals surface area contributed by atoms with E-state index in [9.17, 15) is 4.79 Å². The standard InChI is InChI=1S/C8H12O2/c1-6(2)5-8(10-4)7(3)9/h5H,1H2,2-4H3/b8-5+. The maximum absolute atomic E-state index is 10.7. The Hall–Kier alpha value is -1.05. The van der Waals surface area contributed by atoms with E-state index in [0.29, 0.717) is 5.76 Å². The van der Waals surface area contributed by atoms with Crippen LogP contribution in [0, 0.1) is 0 Å². The van der Waals surface area contributed by atoms with E-state index in [4.69, 9.17) is 4.74 Å². The van der Waals surface area contributed by atoms with E-state index in [1.807, 2.05) is 6.92 Å². The van der Waals surface area contributed by atoms with Crippen LogP contribution < -0.4 is 0 Å². The molecule has 2 nitrogen and oxygen atoms in total. The van der Waals surface area contributed by atoms with E-state index in [-0.39, 0.29) is 5.78 Å². The minimum Gasteiger partial charge on any atom is -0.493 e. The summed E-state index contributed by atoms with van der Waals surface area (Å²) in [5.74, 6) is 0.276. The highest BCUT2D eigenvalue weighted by atomic mass is 16.5. The zero-order chi connectivity index (χ0) is 8.15. The summed E-state index contributed by atoms with van der Waals surface area (Å²) in [4.78, 5) is 10.7. The average molecular weight is 140 g/mol. The molecule has 0 aromatic heterocycles. The molecule has 0 N–H and O–H groups in total. The second-order valence-electron chi connectivity index (χ2n) is 2.12. The highest BCUT2D eigenvalue weighted by Crippen LogP contribution is 2.01. The summed E-state index contributed by atoms with van der Waals surface area (Å²) in [5.41, 5.74) is 0.812. The van der Waals surface area contributed by atoms with Crippen molar-refractivity contribution in [3.05, 3.63) is 24.0 Å². The van der Waals surface area contributed by atoms with Crippen LogP contribution in [-0.2, 0) is 9.53 Å². The van der Waals surface area contributed by atoms with E-state index in [1.165, 1.54) is 14.0 Å². The monoisotopic (exact) mass is 140 g/mol. The molecule has 0 radical (unpaired) electrons. The first kappa shape index (κ1) is 8.95. The van der Waals surface area contributed by atoms with Crippen LogP contribution in [0.5, 0.6) is 0 Å². The summed E-state index contributed by atoms with van der Waals surface area (Å²) in [6.45, 7) is 6.88. The van der Waals surface area contributed by atoms with Gasteiger partial charge < -0.3 is 4.74 Å². The summed E-state index contributed by atoms with van der Waals surface area (Å²) in [6, 6.07) is 0. The van der Waals surface area contributed by atoms with Crippen LogP contribution in [0.4, 0.5) is 0 Å². The Bertz CT molecular complexity index is 178. The Morgan fingerprint density at radius 1 is 1.50 bits per heavy atom. The van der Waals surface area contributed by atoms with Gasteiger partial charge in [0.25, 0.3) is 0 Å². The molecule has 0 heterocycles. The quantitative estimate of drug-likeness (QED) is 0.338. The molecule has 0 aliphatic rings. The Morgan fingerprint density at radius 3 is 2.10 bits per heavy atom. The molecule has 0 bridgehead atoms. The van der Waals surface area contributed by atoms with E-state index in [2.05, 4.69) is 6.58 Å². The lowest BCUT2D eigenvalue weighted by molar-refractivity contribution is -0.116. The van der Waals surface area contributed by atoms with Crippen LogP contribution in [0.1, 0.15) is 13.8 Å². The van der Waals surface area contributed by atoms with E-state index in [1.54, 1.807) is 6.08 Å². The zero-order valence-electron chi connectivity index (χ0n) is 6.60. The maximum Gasteiger partial charge on any atom is 0.194 e. The van der Waals surface area contributed by atoms with Gasteiger partial charge in [0.2, 0.25) is 0 Å². The molecule has 0 unspecified atom stereocenters. The molecule has 0 aromatic rings. The summed E-state index contributed by atoms with van der Waals surface area (Å²) >= 11 is 0. The first-order valence-electron chi connectivity index (χ1n) is 3.00. The smallest absolute Gasteiger partial charge is 0.194 e. The third kappa shape index (κ3) is 3.07. The normalized spacial score (nSPS) is 10.9. The lowest BCUT2D eigenvalue weighted by Crippen LogP contribution is -1.98. The zero-order valence-corrected chi connectivity index (χ0v) is 6.60. The lowest BCUT2D eigenvalue weighted by Gasteiger charge is -1.99. The molecule has 0 amide bonds. The molecule has 0 spiro atoms. The topological polar surface area (TPSA) is 26.3 Å². The molecule has 2 heteroatoms. The van der Waals surface area contributed by atoms with Crippen molar-refractivity contribution in [2.24, 2.45) is 0 Å². The second kappa shape index (κ2) is 3.88. The molecule has 0 aliphatic carbocycles. The van der Waals surface area contributed by atoms with Crippen LogP contribution in [0.25, 0.3) is 0 Å². The number of allylic oxidation sites excluding steroid dienone is 3. The van der Waals surface area contributed by atoms with Crippen molar-refractivity contribution in [2.45, 2.75) is 13.8 Å². The van der Waals surface area contributed by atoms with Gasteiger partial charge in [0, 0.05) is 6.92 Å². The Morgan fingerprint density at radius 2 is 2.00 bits per heavy atom. The van der Waals surface area contributed by atoms with Gasteiger partial charge in [-0.25, -0.2) is 0 Å². The first-order chi connectivity index (χ1) is 4.57. The molecule has 0 aromatic carbocycles. The van der Waals surface area contributed by atoms with Gasteiger partial charge in [0.1, 0.15) is 0 Å². The summed E-state index contributed by atoms with van der Waals surface area (Å²) in [6.07, 6.45) is 1.61. The molecule has 10 heavy (non-hydrogen) atoms. The van der Waals surface area contributed by atoms with Crippen molar-refractivity contribution in [1.29, 1.82) is 0 Å². The maximum atomic E-state index is 10.7. The van der Waals surface area contributed by atoms with Crippen molar-refractivity contribution in [1.82, 2.24) is 0 Å². The number of carbonyl (C=O) groups is 1. The van der Waals surface area contributed by atoms with Gasteiger partial charge in [-0.3, -0.25) is 4.79 Å². The lowest BCUT2D eigenvalue weighted by atomic mass is 10.2. The average Bonchev–Trinajstić information content (AvgIpc) is 1.81. The number of rotatable bonds is 3. The number of Topliss-reactive ketones (excluding diaryl/α,β-unsaturated/α-hetero) is 1. The Kier molecular flexibility index (Phi) is 3.47. The summed E-state index contributed by atoms with van der Waals surface area (Å²) in [7, 11) is 1.47. The third-order valence-corrected chi connectivity index (χ3v) is 0.944. The molecule has 56 valence electrons. The fourth-order valence-electron chi connectivity index (χ4n) is 0.528. The van der Waals surface area contributed by atoms with Gasteiger partial charge >= 0.3 is 0 Å². The number of hydrogen-bond acceptors (Lipinski definition) is 2. The predicted molar refractivity (Wildman–Crippen MR) is 40.6 cm³/mol. The van der Waals surface area contributed by atoms with Gasteiger partial charge in [0.15, 0.2) is 11.5 Å². The van der Waals surface area contributed by atoms with Gasteiger partial charge in [-0.2, -0.15) is 0 Å². The number of ketones is 1. The fraction of sp³-hybridized carbons (Fsp3) is 0.375. The Balaban J connectivity index is 4.34. The molecule has 0 atom stereocenters. The second-order valence-corrected chi connectivity index (χ2v) is 2.12. The molecular weight excluding hydrogens is 128 g/mol. The van der Waals surface area contributed by atoms with Crippen molar-refractivity contribution in [3.63, 3.8) is 0 Å². The minimum absolute atomic E-state index is 0.0782. The largest absolute Gasteiger partial charge is 0.493 e. The van der Waals surface area contributed by atoms with Gasteiger partial charge in [-0.15, -0.1) is 0 Å². The molecule has 0 aliphatic heterocycles. The predicted octanol–water partition coefficient (Wildman–Crippen LogP) is 1.68. The molecule has 0 rings (SSSR count). The van der Waals surface area contributed by atoms with Gasteiger partial charge in [-0.1, -0.05) is 12.2 Å². The third-order valence-electron chi connectivity index (χ3n) is 0.944. The number of methoxy groups -OCH3 is 1. The minimum atomic E-state index is -0.0782. The van der Waals surface area contributed by atoms with Gasteiger partial charge in [0.05, 0.1) is 7.11 Å². The molecular formula is C8H12O2. The fourth-order valence-corrected chi connectivity index (χ4v) is 0.528. The van der Waals surface area contributed by atoms with Crippen molar-refractivity contribution < 1.29 is 9.53 Å². The van der Waals surface area contributed by atoms with Crippen LogP contribution in [0.2, 0.25) is 0 Å². The van der Waals surface area contributed by atoms with Gasteiger partial charge in [-0.05, 0) is 13.0 Å². The van der Waals surface area contributed by atoms with Crippen LogP contribution in [-0.4, -0.2) is 12.9 Å². The summed E-state index contributed by atoms with van der Waals surface area (Å²) < 4.78 is 4.77. The Labute approximate surface area is 61.2 Å². The van der Waals surface area contributed by atoms with Crippen LogP contribution in [0.15, 0.2) is 24.0 Å². The van der Waals surface area contributed by atoms with Crippen LogP contribution in [0.3, 0.4) is 0 Å². The molecule has 0 fully saturated rings. The van der Waals surface area contributed by atoms with E-state index < -0.39 is 0 Å². The number of hydrogen-bond donors (Lipinski definition) is 0. The SMILES string of the molecule is C=C(C)/C=C(/OC)C(C)=O. The van der Waals surface area contributed by atoms with Crippen molar-refractivity contribution >= 4 is 5.78 Å². The van der Waals surface area contributed by atoms with Crippen molar-refractivity contribution in [3.8, 4) is 0 Å². The van der Waals surface area contributed by atoms with Crippen LogP contribution >= 0.6 is 0 Å². The number of carbonyl (C=O) groups excluding carboxylic acids is 1. The van der Waals surface area contributed by atoms with E-state index in [0.717, 1.165) is 5.57 Å². The molecule has 0 saturated heterocycles. The molecule has 0 saturated carbocycles. The van der Waals surface area contributed by atoms with Crippen molar-refractivity contribution in [2.75, 3.05) is 7.11 Å². The number of ether oxygens (including phenoxy) is 1.